The molecule has 1 aliphatic heterocycles. The number of rotatable bonds is 5. The third kappa shape index (κ3) is 3.24. The Morgan fingerprint density at radius 3 is 2.81 bits per heavy atom. The van der Waals surface area contributed by atoms with Crippen molar-refractivity contribution < 1.29 is 4.79 Å². The molecule has 26 heavy (non-hydrogen) atoms. The quantitative estimate of drug-likeness (QED) is 0.709. The second kappa shape index (κ2) is 7.11. The van der Waals surface area contributed by atoms with E-state index in [1.54, 1.807) is 6.20 Å². The van der Waals surface area contributed by atoms with Gasteiger partial charge in [-0.1, -0.05) is 30.3 Å². The van der Waals surface area contributed by atoms with Gasteiger partial charge in [-0.2, -0.15) is 10.2 Å². The number of nitrogens with zero attached hydrogens (tertiary/aromatic N) is 6. The first kappa shape index (κ1) is 16.5. The maximum Gasteiger partial charge on any atom is 0.223 e. The van der Waals surface area contributed by atoms with Crippen LogP contribution in [-0.2, 0) is 17.9 Å². The minimum absolute atomic E-state index is 0.0640. The van der Waals surface area contributed by atoms with Crippen LogP contribution in [0.5, 0.6) is 0 Å². The number of carbonyl (C=O) groups excluding carboxylic acids is 1. The minimum Gasteiger partial charge on any atom is -0.331 e. The molecule has 0 spiro atoms. The van der Waals surface area contributed by atoms with Gasteiger partial charge in [0, 0.05) is 37.5 Å². The maximum absolute atomic E-state index is 12.7. The number of carbonyl (C=O) groups is 1. The molecule has 0 radical (unpaired) electrons. The summed E-state index contributed by atoms with van der Waals surface area (Å²) in [6.07, 6.45) is 4.98. The summed E-state index contributed by atoms with van der Waals surface area (Å²) >= 11 is 0. The van der Waals surface area contributed by atoms with Crippen molar-refractivity contribution in [2.75, 3.05) is 6.54 Å². The SMILES string of the molecule is C[C@H]1c2nc(-c3ccccc3)nn2CCN1C(=O)CCCn1cccn1. The van der Waals surface area contributed by atoms with Crippen molar-refractivity contribution in [1.82, 2.24) is 29.4 Å². The molecular formula is C19H22N6O. The molecule has 0 aliphatic carbocycles. The van der Waals surface area contributed by atoms with Gasteiger partial charge in [0.25, 0.3) is 0 Å². The average molecular weight is 350 g/mol. The first-order chi connectivity index (χ1) is 12.7. The van der Waals surface area contributed by atoms with Crippen LogP contribution in [0.4, 0.5) is 0 Å². The summed E-state index contributed by atoms with van der Waals surface area (Å²) in [6, 6.07) is 11.8. The van der Waals surface area contributed by atoms with Crippen LogP contribution in [0.3, 0.4) is 0 Å². The molecule has 1 aliphatic rings. The van der Waals surface area contributed by atoms with Crippen molar-refractivity contribution in [3.8, 4) is 11.4 Å². The molecule has 7 heteroatoms. The van der Waals surface area contributed by atoms with Crippen LogP contribution in [0.2, 0.25) is 0 Å². The molecule has 1 aromatic carbocycles. The van der Waals surface area contributed by atoms with E-state index in [1.807, 2.05) is 63.8 Å². The Kier molecular flexibility index (Phi) is 4.51. The van der Waals surface area contributed by atoms with Crippen LogP contribution in [0.15, 0.2) is 48.8 Å². The molecule has 2 aromatic heterocycles. The molecule has 4 rings (SSSR count). The molecule has 134 valence electrons. The van der Waals surface area contributed by atoms with Gasteiger partial charge in [-0.15, -0.1) is 0 Å². The van der Waals surface area contributed by atoms with Crippen LogP contribution in [-0.4, -0.2) is 41.9 Å². The minimum atomic E-state index is -0.0640. The van der Waals surface area contributed by atoms with Crippen LogP contribution in [0.1, 0.15) is 31.6 Å². The van der Waals surface area contributed by atoms with Gasteiger partial charge in [-0.05, 0) is 19.4 Å². The number of amides is 1. The van der Waals surface area contributed by atoms with Gasteiger partial charge in [-0.3, -0.25) is 9.48 Å². The predicted molar refractivity (Wildman–Crippen MR) is 97.0 cm³/mol. The zero-order valence-corrected chi connectivity index (χ0v) is 14.8. The van der Waals surface area contributed by atoms with E-state index >= 15 is 0 Å². The number of fused-ring (bicyclic) bond motifs is 1. The lowest BCUT2D eigenvalue weighted by molar-refractivity contribution is -0.134. The highest BCUT2D eigenvalue weighted by Gasteiger charge is 2.30. The molecule has 0 saturated heterocycles. The van der Waals surface area contributed by atoms with Crippen molar-refractivity contribution >= 4 is 5.91 Å². The fourth-order valence-corrected chi connectivity index (χ4v) is 3.38. The summed E-state index contributed by atoms with van der Waals surface area (Å²) in [5.74, 6) is 1.75. The van der Waals surface area contributed by atoms with Crippen molar-refractivity contribution in [2.45, 2.75) is 38.9 Å². The average Bonchev–Trinajstić information content (AvgIpc) is 3.32. The second-order valence-electron chi connectivity index (χ2n) is 6.52. The number of benzene rings is 1. The van der Waals surface area contributed by atoms with E-state index in [-0.39, 0.29) is 11.9 Å². The van der Waals surface area contributed by atoms with Crippen molar-refractivity contribution in [3.05, 3.63) is 54.6 Å². The van der Waals surface area contributed by atoms with Gasteiger partial charge in [0.05, 0.1) is 12.6 Å². The maximum atomic E-state index is 12.7. The molecule has 1 amide bonds. The molecular weight excluding hydrogens is 328 g/mol. The monoisotopic (exact) mass is 350 g/mol. The number of hydrogen-bond donors (Lipinski definition) is 0. The van der Waals surface area contributed by atoms with Gasteiger partial charge >= 0.3 is 0 Å². The van der Waals surface area contributed by atoms with E-state index in [0.29, 0.717) is 19.5 Å². The van der Waals surface area contributed by atoms with E-state index in [2.05, 4.69) is 10.2 Å². The topological polar surface area (TPSA) is 68.8 Å². The lowest BCUT2D eigenvalue weighted by Gasteiger charge is -2.33. The Balaban J connectivity index is 1.43. The lowest BCUT2D eigenvalue weighted by atomic mass is 10.1. The highest BCUT2D eigenvalue weighted by molar-refractivity contribution is 5.76. The Morgan fingerprint density at radius 2 is 2.04 bits per heavy atom. The van der Waals surface area contributed by atoms with Crippen LogP contribution < -0.4 is 0 Å². The highest BCUT2D eigenvalue weighted by atomic mass is 16.2. The largest absolute Gasteiger partial charge is 0.331 e. The Morgan fingerprint density at radius 1 is 1.19 bits per heavy atom. The van der Waals surface area contributed by atoms with Gasteiger partial charge < -0.3 is 4.90 Å². The Labute approximate surface area is 152 Å². The molecule has 1 atom stereocenters. The molecule has 0 N–H and O–H groups in total. The third-order valence-electron chi connectivity index (χ3n) is 4.78. The van der Waals surface area contributed by atoms with Gasteiger partial charge in [0.2, 0.25) is 5.91 Å². The van der Waals surface area contributed by atoms with E-state index < -0.39 is 0 Å². The van der Waals surface area contributed by atoms with Crippen molar-refractivity contribution in [2.24, 2.45) is 0 Å². The first-order valence-corrected chi connectivity index (χ1v) is 8.99. The second-order valence-corrected chi connectivity index (χ2v) is 6.52. The molecule has 0 saturated carbocycles. The number of hydrogen-bond acceptors (Lipinski definition) is 4. The predicted octanol–water partition coefficient (Wildman–Crippen LogP) is 2.53. The normalized spacial score (nSPS) is 16.5. The summed E-state index contributed by atoms with van der Waals surface area (Å²) in [4.78, 5) is 19.3. The zero-order valence-electron chi connectivity index (χ0n) is 14.8. The molecule has 3 heterocycles. The van der Waals surface area contributed by atoms with E-state index in [9.17, 15) is 4.79 Å². The fourth-order valence-electron chi connectivity index (χ4n) is 3.38. The van der Waals surface area contributed by atoms with E-state index in [4.69, 9.17) is 4.98 Å². The summed E-state index contributed by atoms with van der Waals surface area (Å²) in [6.45, 7) is 4.14. The molecule has 0 bridgehead atoms. The molecule has 7 nitrogen and oxygen atoms in total. The van der Waals surface area contributed by atoms with E-state index in [1.165, 1.54) is 0 Å². The van der Waals surface area contributed by atoms with Gasteiger partial charge in [0.15, 0.2) is 5.82 Å². The third-order valence-corrected chi connectivity index (χ3v) is 4.78. The Hall–Kier alpha value is -2.96. The summed E-state index contributed by atoms with van der Waals surface area (Å²) in [5, 5.41) is 8.79. The smallest absolute Gasteiger partial charge is 0.223 e. The number of aromatic nitrogens is 5. The summed E-state index contributed by atoms with van der Waals surface area (Å²) in [7, 11) is 0. The molecule has 0 fully saturated rings. The summed E-state index contributed by atoms with van der Waals surface area (Å²) < 4.78 is 3.79. The van der Waals surface area contributed by atoms with Crippen molar-refractivity contribution in [1.29, 1.82) is 0 Å². The fraction of sp³-hybridized carbons (Fsp3) is 0.368. The van der Waals surface area contributed by atoms with Crippen LogP contribution in [0.25, 0.3) is 11.4 Å². The molecule has 0 unspecified atom stereocenters. The lowest BCUT2D eigenvalue weighted by Crippen LogP contribution is -2.41. The standard InChI is InChI=1S/C19H22N6O/c1-15-19-21-18(16-7-3-2-4-8-16)22-25(19)14-13-24(15)17(26)9-5-11-23-12-6-10-20-23/h2-4,6-8,10,12,15H,5,9,11,13-14H2,1H3/t15-/m0/s1. The first-order valence-electron chi connectivity index (χ1n) is 8.99. The Bertz CT molecular complexity index is 871. The van der Waals surface area contributed by atoms with Crippen molar-refractivity contribution in [3.63, 3.8) is 0 Å². The van der Waals surface area contributed by atoms with Crippen LogP contribution in [0, 0.1) is 0 Å². The van der Waals surface area contributed by atoms with E-state index in [0.717, 1.165) is 30.2 Å². The van der Waals surface area contributed by atoms with Gasteiger partial charge in [0.1, 0.15) is 5.82 Å². The highest BCUT2D eigenvalue weighted by Crippen LogP contribution is 2.26. The van der Waals surface area contributed by atoms with Gasteiger partial charge in [-0.25, -0.2) is 9.67 Å². The van der Waals surface area contributed by atoms with Crippen LogP contribution >= 0.6 is 0 Å². The molecule has 3 aromatic rings. The number of aryl methyl sites for hydroxylation is 1. The zero-order chi connectivity index (χ0) is 17.9. The summed E-state index contributed by atoms with van der Waals surface area (Å²) in [5.41, 5.74) is 0.999.